The van der Waals surface area contributed by atoms with Crippen molar-refractivity contribution in [3.8, 4) is 0 Å². The number of aliphatic hydroxyl groups is 1. The third-order valence-electron chi connectivity index (χ3n) is 2.76. The van der Waals surface area contributed by atoms with Crippen LogP contribution in [0.25, 0.3) is 5.65 Å². The SMILES string of the molecule is CCc1nc2ccc(F)cn2c1C(=O)NCC(C)O. The number of carbonyl (C=O) groups excluding carboxylic acids is 1. The number of aliphatic hydroxyl groups excluding tert-OH is 1. The number of aryl methyl sites for hydroxylation is 1. The molecule has 0 aliphatic carbocycles. The maximum absolute atomic E-state index is 13.3. The van der Waals surface area contributed by atoms with Crippen molar-refractivity contribution in [2.45, 2.75) is 26.4 Å². The smallest absolute Gasteiger partial charge is 0.270 e. The van der Waals surface area contributed by atoms with Gasteiger partial charge in [-0.25, -0.2) is 9.37 Å². The minimum atomic E-state index is -0.634. The van der Waals surface area contributed by atoms with Crippen molar-refractivity contribution in [1.29, 1.82) is 0 Å². The molecule has 0 saturated heterocycles. The van der Waals surface area contributed by atoms with E-state index in [2.05, 4.69) is 10.3 Å². The minimum Gasteiger partial charge on any atom is -0.392 e. The van der Waals surface area contributed by atoms with Gasteiger partial charge in [-0.2, -0.15) is 0 Å². The van der Waals surface area contributed by atoms with E-state index in [4.69, 9.17) is 0 Å². The van der Waals surface area contributed by atoms with Crippen LogP contribution in [0.5, 0.6) is 0 Å². The van der Waals surface area contributed by atoms with Crippen molar-refractivity contribution >= 4 is 11.6 Å². The summed E-state index contributed by atoms with van der Waals surface area (Å²) in [6.45, 7) is 3.60. The fourth-order valence-corrected chi connectivity index (χ4v) is 1.88. The van der Waals surface area contributed by atoms with E-state index in [1.807, 2.05) is 6.92 Å². The molecule has 0 aromatic carbocycles. The summed E-state index contributed by atoms with van der Waals surface area (Å²) in [6.07, 6.45) is 1.17. The molecule has 2 N–H and O–H groups in total. The van der Waals surface area contributed by atoms with Crippen molar-refractivity contribution in [1.82, 2.24) is 14.7 Å². The molecule has 0 saturated carbocycles. The van der Waals surface area contributed by atoms with Gasteiger partial charge in [0, 0.05) is 12.7 Å². The van der Waals surface area contributed by atoms with E-state index in [0.717, 1.165) is 0 Å². The molecule has 0 radical (unpaired) electrons. The summed E-state index contributed by atoms with van der Waals surface area (Å²) >= 11 is 0. The normalized spacial score (nSPS) is 12.6. The van der Waals surface area contributed by atoms with Crippen molar-refractivity contribution in [3.63, 3.8) is 0 Å². The number of pyridine rings is 1. The Kier molecular flexibility index (Phi) is 3.80. The monoisotopic (exact) mass is 265 g/mol. The van der Waals surface area contributed by atoms with E-state index >= 15 is 0 Å². The van der Waals surface area contributed by atoms with Crippen molar-refractivity contribution < 1.29 is 14.3 Å². The lowest BCUT2D eigenvalue weighted by Crippen LogP contribution is -2.32. The van der Waals surface area contributed by atoms with E-state index in [1.165, 1.54) is 22.7 Å². The topological polar surface area (TPSA) is 66.6 Å². The highest BCUT2D eigenvalue weighted by Crippen LogP contribution is 2.14. The second-order valence-electron chi connectivity index (χ2n) is 4.40. The molecule has 0 aliphatic heterocycles. The van der Waals surface area contributed by atoms with Gasteiger partial charge in [-0.05, 0) is 25.5 Å². The number of hydrogen-bond acceptors (Lipinski definition) is 3. The lowest BCUT2D eigenvalue weighted by Gasteiger charge is -2.08. The number of carbonyl (C=O) groups is 1. The van der Waals surface area contributed by atoms with Gasteiger partial charge in [0.15, 0.2) is 0 Å². The number of aromatic nitrogens is 2. The maximum Gasteiger partial charge on any atom is 0.270 e. The number of fused-ring (bicyclic) bond motifs is 1. The summed E-state index contributed by atoms with van der Waals surface area (Å²) in [7, 11) is 0. The second-order valence-corrected chi connectivity index (χ2v) is 4.40. The fraction of sp³-hybridized carbons (Fsp3) is 0.385. The molecule has 0 aliphatic rings. The maximum atomic E-state index is 13.3. The Hall–Kier alpha value is -1.95. The number of halogens is 1. The lowest BCUT2D eigenvalue weighted by atomic mass is 10.2. The van der Waals surface area contributed by atoms with Gasteiger partial charge >= 0.3 is 0 Å². The Morgan fingerprint density at radius 3 is 2.95 bits per heavy atom. The van der Waals surface area contributed by atoms with Gasteiger partial charge in [-0.1, -0.05) is 6.92 Å². The molecule has 2 heterocycles. The van der Waals surface area contributed by atoms with Crippen molar-refractivity contribution in [2.75, 3.05) is 6.54 Å². The molecule has 2 aromatic rings. The van der Waals surface area contributed by atoms with Crippen LogP contribution in [0.15, 0.2) is 18.3 Å². The van der Waals surface area contributed by atoms with Gasteiger partial charge in [0.1, 0.15) is 17.2 Å². The van der Waals surface area contributed by atoms with Crippen LogP contribution in [0.1, 0.15) is 30.0 Å². The predicted molar refractivity (Wildman–Crippen MR) is 68.5 cm³/mol. The molecule has 1 unspecified atom stereocenters. The van der Waals surface area contributed by atoms with Gasteiger partial charge < -0.3 is 10.4 Å². The molecule has 0 spiro atoms. The van der Waals surface area contributed by atoms with Crippen LogP contribution in [-0.4, -0.2) is 33.0 Å². The van der Waals surface area contributed by atoms with Crippen molar-refractivity contribution in [2.24, 2.45) is 0 Å². The highest BCUT2D eigenvalue weighted by atomic mass is 19.1. The largest absolute Gasteiger partial charge is 0.392 e. The zero-order valence-corrected chi connectivity index (χ0v) is 10.9. The third-order valence-corrected chi connectivity index (χ3v) is 2.76. The number of amides is 1. The summed E-state index contributed by atoms with van der Waals surface area (Å²) in [5.41, 5.74) is 1.45. The van der Waals surface area contributed by atoms with Gasteiger partial charge in [-0.15, -0.1) is 0 Å². The molecule has 1 amide bonds. The molecule has 0 fully saturated rings. The van der Waals surface area contributed by atoms with E-state index < -0.39 is 11.9 Å². The number of nitrogens with zero attached hydrogens (tertiary/aromatic N) is 2. The summed E-state index contributed by atoms with van der Waals surface area (Å²) in [5.74, 6) is -0.798. The van der Waals surface area contributed by atoms with Crippen LogP contribution in [-0.2, 0) is 6.42 Å². The van der Waals surface area contributed by atoms with Crippen molar-refractivity contribution in [3.05, 3.63) is 35.5 Å². The lowest BCUT2D eigenvalue weighted by molar-refractivity contribution is 0.0917. The van der Waals surface area contributed by atoms with Crippen LogP contribution < -0.4 is 5.32 Å². The Morgan fingerprint density at radius 2 is 2.32 bits per heavy atom. The molecule has 1 atom stereocenters. The average Bonchev–Trinajstić information content (AvgIpc) is 2.73. The molecule has 6 heteroatoms. The zero-order valence-electron chi connectivity index (χ0n) is 10.9. The highest BCUT2D eigenvalue weighted by Gasteiger charge is 2.18. The molecule has 2 aromatic heterocycles. The Morgan fingerprint density at radius 1 is 1.58 bits per heavy atom. The Labute approximate surface area is 110 Å². The van der Waals surface area contributed by atoms with Crippen LogP contribution in [0, 0.1) is 5.82 Å². The Balaban J connectivity index is 2.44. The van der Waals surface area contributed by atoms with Gasteiger partial charge in [0.25, 0.3) is 5.91 Å². The first kappa shape index (κ1) is 13.5. The summed E-state index contributed by atoms with van der Waals surface area (Å²) < 4.78 is 14.7. The first-order chi connectivity index (χ1) is 9.02. The van der Waals surface area contributed by atoms with Crippen LogP contribution in [0.4, 0.5) is 4.39 Å². The number of rotatable bonds is 4. The molecule has 102 valence electrons. The second kappa shape index (κ2) is 5.36. The number of imidazole rings is 1. The number of hydrogen-bond donors (Lipinski definition) is 2. The van der Waals surface area contributed by atoms with Gasteiger partial charge in [0.2, 0.25) is 0 Å². The molecule has 2 rings (SSSR count). The van der Waals surface area contributed by atoms with Gasteiger partial charge in [0.05, 0.1) is 11.8 Å². The van der Waals surface area contributed by atoms with E-state index in [-0.39, 0.29) is 12.5 Å². The third kappa shape index (κ3) is 2.73. The molecule has 19 heavy (non-hydrogen) atoms. The predicted octanol–water partition coefficient (Wildman–Crippen LogP) is 1.15. The fourth-order valence-electron chi connectivity index (χ4n) is 1.88. The van der Waals surface area contributed by atoms with Crippen LogP contribution in [0.3, 0.4) is 0 Å². The molecule has 0 bridgehead atoms. The standard InChI is InChI=1S/C13H16FN3O2/c1-3-10-12(13(19)15-6-8(2)18)17-7-9(14)4-5-11(17)16-10/h4-5,7-8,18H,3,6H2,1-2H3,(H,15,19). The highest BCUT2D eigenvalue weighted by molar-refractivity contribution is 5.94. The van der Waals surface area contributed by atoms with E-state index in [0.29, 0.717) is 23.5 Å². The number of nitrogens with one attached hydrogen (secondary N) is 1. The quantitative estimate of drug-likeness (QED) is 0.871. The first-order valence-electron chi connectivity index (χ1n) is 6.15. The Bertz CT molecular complexity index is 607. The van der Waals surface area contributed by atoms with Crippen LogP contribution in [0.2, 0.25) is 0 Å². The zero-order chi connectivity index (χ0) is 14.0. The average molecular weight is 265 g/mol. The van der Waals surface area contributed by atoms with Gasteiger partial charge in [-0.3, -0.25) is 9.20 Å². The first-order valence-corrected chi connectivity index (χ1v) is 6.15. The summed E-state index contributed by atoms with van der Waals surface area (Å²) in [4.78, 5) is 16.4. The van der Waals surface area contributed by atoms with E-state index in [9.17, 15) is 14.3 Å². The summed E-state index contributed by atoms with van der Waals surface area (Å²) in [5, 5.41) is 11.8. The van der Waals surface area contributed by atoms with E-state index in [1.54, 1.807) is 6.92 Å². The minimum absolute atomic E-state index is 0.143. The molecular weight excluding hydrogens is 249 g/mol. The van der Waals surface area contributed by atoms with Crippen LogP contribution >= 0.6 is 0 Å². The summed E-state index contributed by atoms with van der Waals surface area (Å²) in [6, 6.07) is 2.83. The molecule has 5 nitrogen and oxygen atoms in total. The molecular formula is C13H16FN3O2.